The van der Waals surface area contributed by atoms with Crippen molar-refractivity contribution in [1.82, 2.24) is 10.2 Å². The Morgan fingerprint density at radius 3 is 2.21 bits per heavy atom. The van der Waals surface area contributed by atoms with Crippen LogP contribution in [0.1, 0.15) is 47.5 Å². The first-order chi connectivity index (χ1) is 6.63. The summed E-state index contributed by atoms with van der Waals surface area (Å²) in [6.45, 7) is 14.7. The summed E-state index contributed by atoms with van der Waals surface area (Å²) in [7, 11) is 0. The van der Waals surface area contributed by atoms with E-state index in [1.54, 1.807) is 0 Å². The summed E-state index contributed by atoms with van der Waals surface area (Å²) in [6.07, 6.45) is 2.60. The molecule has 0 aromatic heterocycles. The molecule has 0 spiro atoms. The summed E-state index contributed by atoms with van der Waals surface area (Å²) >= 11 is 0. The summed E-state index contributed by atoms with van der Waals surface area (Å²) in [4.78, 5) is 2.59. The molecule has 0 saturated heterocycles. The van der Waals surface area contributed by atoms with Gasteiger partial charge in [-0.25, -0.2) is 0 Å². The van der Waals surface area contributed by atoms with Gasteiger partial charge in [0, 0.05) is 18.6 Å². The summed E-state index contributed by atoms with van der Waals surface area (Å²) in [5, 5.41) is 3.42. The number of likely N-dealkylation sites (N-methyl/N-ethyl adjacent to an activating group) is 1. The average molecular weight is 200 g/mol. The van der Waals surface area contributed by atoms with Gasteiger partial charge < -0.3 is 5.32 Å². The highest BCUT2D eigenvalue weighted by molar-refractivity contribution is 4.72. The number of nitrogens with zero attached hydrogens (tertiary/aromatic N) is 1. The van der Waals surface area contributed by atoms with Crippen molar-refractivity contribution in [2.24, 2.45) is 0 Å². The minimum atomic E-state index is 0.654. The van der Waals surface area contributed by atoms with E-state index < -0.39 is 0 Å². The molecule has 1 N–H and O–H groups in total. The lowest BCUT2D eigenvalue weighted by Crippen LogP contribution is -2.44. The summed E-state index contributed by atoms with van der Waals surface area (Å²) in [6, 6.07) is 1.32. The quantitative estimate of drug-likeness (QED) is 0.647. The highest BCUT2D eigenvalue weighted by atomic mass is 15.2. The van der Waals surface area contributed by atoms with Crippen molar-refractivity contribution in [3.8, 4) is 0 Å². The Hall–Kier alpha value is -0.0800. The number of hydrogen-bond acceptors (Lipinski definition) is 2. The summed E-state index contributed by atoms with van der Waals surface area (Å²) in [5.74, 6) is 0. The molecule has 0 heterocycles. The van der Waals surface area contributed by atoms with Crippen LogP contribution >= 0.6 is 0 Å². The third-order valence-electron chi connectivity index (χ3n) is 2.69. The molecule has 0 fully saturated rings. The zero-order chi connectivity index (χ0) is 11.0. The van der Waals surface area contributed by atoms with Crippen LogP contribution in [-0.2, 0) is 0 Å². The first kappa shape index (κ1) is 13.9. The van der Waals surface area contributed by atoms with E-state index in [2.05, 4.69) is 44.8 Å². The third kappa shape index (κ3) is 5.61. The topological polar surface area (TPSA) is 15.3 Å². The zero-order valence-electron chi connectivity index (χ0n) is 10.6. The minimum Gasteiger partial charge on any atom is -0.315 e. The van der Waals surface area contributed by atoms with Crippen molar-refractivity contribution in [3.63, 3.8) is 0 Å². The number of nitrogens with one attached hydrogen (secondary N) is 1. The molecule has 0 aromatic rings. The lowest BCUT2D eigenvalue weighted by molar-refractivity contribution is 0.159. The Morgan fingerprint density at radius 2 is 1.79 bits per heavy atom. The van der Waals surface area contributed by atoms with Crippen molar-refractivity contribution < 1.29 is 0 Å². The van der Waals surface area contributed by atoms with E-state index in [1.807, 2.05) is 0 Å². The maximum absolute atomic E-state index is 3.42. The number of rotatable bonds is 8. The Morgan fingerprint density at radius 1 is 1.14 bits per heavy atom. The van der Waals surface area contributed by atoms with Gasteiger partial charge in [-0.05, 0) is 40.3 Å². The fourth-order valence-electron chi connectivity index (χ4n) is 1.80. The molecule has 0 bridgehead atoms. The second kappa shape index (κ2) is 8.25. The SMILES string of the molecule is CCCCN(C(C)C)C(C)CNCC. The lowest BCUT2D eigenvalue weighted by atomic mass is 10.2. The molecule has 2 nitrogen and oxygen atoms in total. The highest BCUT2D eigenvalue weighted by Gasteiger charge is 2.15. The van der Waals surface area contributed by atoms with Crippen LogP contribution in [0.5, 0.6) is 0 Å². The van der Waals surface area contributed by atoms with Gasteiger partial charge in [0.1, 0.15) is 0 Å². The lowest BCUT2D eigenvalue weighted by Gasteiger charge is -2.32. The highest BCUT2D eigenvalue weighted by Crippen LogP contribution is 2.06. The van der Waals surface area contributed by atoms with Gasteiger partial charge >= 0.3 is 0 Å². The van der Waals surface area contributed by atoms with Crippen molar-refractivity contribution in [2.75, 3.05) is 19.6 Å². The number of unbranched alkanes of at least 4 members (excludes halogenated alkanes) is 1. The van der Waals surface area contributed by atoms with Crippen molar-refractivity contribution in [3.05, 3.63) is 0 Å². The molecule has 14 heavy (non-hydrogen) atoms. The summed E-state index contributed by atoms with van der Waals surface area (Å²) in [5.41, 5.74) is 0. The molecule has 0 rings (SSSR count). The van der Waals surface area contributed by atoms with Crippen LogP contribution in [-0.4, -0.2) is 36.6 Å². The fraction of sp³-hybridized carbons (Fsp3) is 1.00. The van der Waals surface area contributed by atoms with E-state index in [1.165, 1.54) is 19.4 Å². The van der Waals surface area contributed by atoms with Crippen LogP contribution in [0, 0.1) is 0 Å². The largest absolute Gasteiger partial charge is 0.315 e. The second-order valence-electron chi connectivity index (χ2n) is 4.34. The normalized spacial score (nSPS) is 13.9. The van der Waals surface area contributed by atoms with Crippen molar-refractivity contribution in [2.45, 2.75) is 59.5 Å². The van der Waals surface area contributed by atoms with Gasteiger partial charge in [-0.3, -0.25) is 4.90 Å². The standard InChI is InChI=1S/C12H28N2/c1-6-8-9-14(11(3)4)12(5)10-13-7-2/h11-13H,6-10H2,1-5H3. The first-order valence-electron chi connectivity index (χ1n) is 6.09. The van der Waals surface area contributed by atoms with Gasteiger partial charge in [0.15, 0.2) is 0 Å². The van der Waals surface area contributed by atoms with E-state index in [4.69, 9.17) is 0 Å². The summed E-state index contributed by atoms with van der Waals surface area (Å²) < 4.78 is 0. The minimum absolute atomic E-state index is 0.654. The molecule has 1 atom stereocenters. The zero-order valence-corrected chi connectivity index (χ0v) is 10.6. The van der Waals surface area contributed by atoms with Gasteiger partial charge in [0.25, 0.3) is 0 Å². The third-order valence-corrected chi connectivity index (χ3v) is 2.69. The smallest absolute Gasteiger partial charge is 0.0195 e. The second-order valence-corrected chi connectivity index (χ2v) is 4.34. The molecule has 0 aliphatic heterocycles. The fourth-order valence-corrected chi connectivity index (χ4v) is 1.80. The molecule has 0 aliphatic carbocycles. The predicted octanol–water partition coefficient (Wildman–Crippen LogP) is 2.49. The predicted molar refractivity (Wildman–Crippen MR) is 64.8 cm³/mol. The molecule has 86 valence electrons. The molecule has 0 aliphatic rings. The van der Waals surface area contributed by atoms with E-state index in [0.717, 1.165) is 13.1 Å². The Labute approximate surface area is 90.1 Å². The van der Waals surface area contributed by atoms with Crippen LogP contribution < -0.4 is 5.32 Å². The molecule has 0 amide bonds. The molecule has 0 aromatic carbocycles. The van der Waals surface area contributed by atoms with Crippen molar-refractivity contribution >= 4 is 0 Å². The maximum atomic E-state index is 3.42. The Bertz CT molecular complexity index is 123. The van der Waals surface area contributed by atoms with Crippen LogP contribution in [0.15, 0.2) is 0 Å². The molecule has 2 heteroatoms. The molecule has 0 radical (unpaired) electrons. The van der Waals surface area contributed by atoms with E-state index in [0.29, 0.717) is 12.1 Å². The molecule has 1 unspecified atom stereocenters. The van der Waals surface area contributed by atoms with Crippen LogP contribution in [0.2, 0.25) is 0 Å². The van der Waals surface area contributed by atoms with E-state index in [-0.39, 0.29) is 0 Å². The Kier molecular flexibility index (Phi) is 8.20. The van der Waals surface area contributed by atoms with Crippen LogP contribution in [0.25, 0.3) is 0 Å². The van der Waals surface area contributed by atoms with Crippen LogP contribution in [0.3, 0.4) is 0 Å². The molecular formula is C12H28N2. The van der Waals surface area contributed by atoms with Gasteiger partial charge in [0.2, 0.25) is 0 Å². The van der Waals surface area contributed by atoms with Crippen molar-refractivity contribution in [1.29, 1.82) is 0 Å². The van der Waals surface area contributed by atoms with E-state index >= 15 is 0 Å². The van der Waals surface area contributed by atoms with E-state index in [9.17, 15) is 0 Å². The maximum Gasteiger partial charge on any atom is 0.0195 e. The van der Waals surface area contributed by atoms with Gasteiger partial charge in [-0.1, -0.05) is 20.3 Å². The molecule has 0 saturated carbocycles. The average Bonchev–Trinajstić information content (AvgIpc) is 2.14. The van der Waals surface area contributed by atoms with Gasteiger partial charge in [-0.2, -0.15) is 0 Å². The Balaban J connectivity index is 3.91. The van der Waals surface area contributed by atoms with Gasteiger partial charge in [0.05, 0.1) is 0 Å². The first-order valence-corrected chi connectivity index (χ1v) is 6.09. The number of hydrogen-bond donors (Lipinski definition) is 1. The van der Waals surface area contributed by atoms with Gasteiger partial charge in [-0.15, -0.1) is 0 Å². The monoisotopic (exact) mass is 200 g/mol. The molecular weight excluding hydrogens is 172 g/mol. The van der Waals surface area contributed by atoms with Crippen LogP contribution in [0.4, 0.5) is 0 Å².